The molecule has 0 saturated carbocycles. The second-order valence-corrected chi connectivity index (χ2v) is 10.2. The maximum Gasteiger partial charge on any atom is 0.223 e. The number of carbonyl (C=O) groups excluding carboxylic acids is 1. The Labute approximate surface area is 230 Å². The van der Waals surface area contributed by atoms with Gasteiger partial charge >= 0.3 is 0 Å². The number of nitrogens with zero attached hydrogens (tertiary/aromatic N) is 4. The molecule has 2 aliphatic heterocycles. The summed E-state index contributed by atoms with van der Waals surface area (Å²) in [6.45, 7) is 7.34. The molecule has 3 aromatic rings. The van der Waals surface area contributed by atoms with Crippen LogP contribution in [0.4, 0.5) is 20.5 Å². The second kappa shape index (κ2) is 10.9. The van der Waals surface area contributed by atoms with E-state index in [4.69, 9.17) is 23.9 Å². The molecule has 2 atom stereocenters. The van der Waals surface area contributed by atoms with E-state index in [1.807, 2.05) is 11.8 Å². The van der Waals surface area contributed by atoms with Crippen molar-refractivity contribution >= 4 is 28.5 Å². The molecule has 0 amide bonds. The van der Waals surface area contributed by atoms with Crippen LogP contribution in [0.3, 0.4) is 0 Å². The Hall–Kier alpha value is -3.90. The Morgan fingerprint density at radius 2 is 1.88 bits per heavy atom. The van der Waals surface area contributed by atoms with Crippen LogP contribution < -0.4 is 19.7 Å². The van der Waals surface area contributed by atoms with Crippen LogP contribution in [0.1, 0.15) is 13.3 Å². The Morgan fingerprint density at radius 3 is 2.50 bits per heavy atom. The number of hydrogen-bond acceptors (Lipinski definition) is 10. The molecule has 40 heavy (non-hydrogen) atoms. The summed E-state index contributed by atoms with van der Waals surface area (Å²) in [5, 5.41) is 3.81. The fraction of sp³-hybridized carbons (Fsp3) is 0.429. The summed E-state index contributed by atoms with van der Waals surface area (Å²) in [4.78, 5) is 27.7. The molecule has 4 heterocycles. The van der Waals surface area contributed by atoms with E-state index in [9.17, 15) is 4.79 Å². The summed E-state index contributed by atoms with van der Waals surface area (Å²) in [6, 6.07) is 2.51. The van der Waals surface area contributed by atoms with Crippen LogP contribution in [0.25, 0.3) is 22.2 Å². The minimum absolute atomic E-state index is 0.0391. The molecule has 0 unspecified atom stereocenters. The first kappa shape index (κ1) is 27.7. The highest BCUT2D eigenvalue weighted by atomic mass is 19.1. The molecule has 12 heteroatoms. The summed E-state index contributed by atoms with van der Waals surface area (Å²) in [7, 11) is 4.22. The first-order valence-electron chi connectivity index (χ1n) is 12.8. The zero-order valence-electron chi connectivity index (χ0n) is 22.8. The SMILES string of the molecule is C=CC(=O)C[C@H]1COC[C@H]1Nc1ncc2cc(-c3c(F)c(OC)cc(OC)c3F)nc(N3CC(C)(OC)C3)c2n1. The molecule has 0 spiro atoms. The van der Waals surface area contributed by atoms with Gasteiger partial charge in [-0.05, 0) is 19.1 Å². The van der Waals surface area contributed by atoms with Crippen LogP contribution in [-0.4, -0.2) is 80.0 Å². The van der Waals surface area contributed by atoms with Crippen molar-refractivity contribution in [1.29, 1.82) is 0 Å². The van der Waals surface area contributed by atoms with Crippen molar-refractivity contribution < 1.29 is 32.5 Å². The van der Waals surface area contributed by atoms with Gasteiger partial charge in [-0.15, -0.1) is 0 Å². The van der Waals surface area contributed by atoms with Crippen LogP contribution in [0.2, 0.25) is 0 Å². The average molecular weight is 556 g/mol. The van der Waals surface area contributed by atoms with Crippen molar-refractivity contribution in [3.63, 3.8) is 0 Å². The zero-order chi connectivity index (χ0) is 28.6. The third-order valence-corrected chi connectivity index (χ3v) is 7.42. The smallest absolute Gasteiger partial charge is 0.223 e. The third kappa shape index (κ3) is 5.04. The molecule has 1 aromatic carbocycles. The predicted molar refractivity (Wildman–Crippen MR) is 145 cm³/mol. The van der Waals surface area contributed by atoms with E-state index in [1.165, 1.54) is 26.4 Å². The number of benzene rings is 1. The lowest BCUT2D eigenvalue weighted by atomic mass is 9.96. The van der Waals surface area contributed by atoms with Gasteiger partial charge in [-0.1, -0.05) is 6.58 Å². The lowest BCUT2D eigenvalue weighted by Crippen LogP contribution is -2.61. The summed E-state index contributed by atoms with van der Waals surface area (Å²) in [5.74, 6) is -1.52. The van der Waals surface area contributed by atoms with Gasteiger partial charge in [-0.2, -0.15) is 0 Å². The van der Waals surface area contributed by atoms with Gasteiger partial charge in [0.25, 0.3) is 0 Å². The molecule has 2 aliphatic rings. The minimum Gasteiger partial charge on any atom is -0.494 e. The number of ketones is 1. The summed E-state index contributed by atoms with van der Waals surface area (Å²) < 4.78 is 52.2. The number of pyridine rings is 1. The number of fused-ring (bicyclic) bond motifs is 1. The molecule has 2 aromatic heterocycles. The Kier molecular flexibility index (Phi) is 7.56. The fourth-order valence-electron chi connectivity index (χ4n) is 5.06. The number of rotatable bonds is 10. The molecule has 0 aliphatic carbocycles. The number of anilines is 2. The van der Waals surface area contributed by atoms with Crippen LogP contribution in [-0.2, 0) is 14.3 Å². The Balaban J connectivity index is 1.58. The van der Waals surface area contributed by atoms with E-state index in [-0.39, 0.29) is 40.5 Å². The topological polar surface area (TPSA) is 108 Å². The largest absolute Gasteiger partial charge is 0.494 e. The Morgan fingerprint density at radius 1 is 1.18 bits per heavy atom. The number of ether oxygens (including phenoxy) is 4. The van der Waals surface area contributed by atoms with Gasteiger partial charge in [0.05, 0.1) is 63.4 Å². The lowest BCUT2D eigenvalue weighted by Gasteiger charge is -2.47. The first-order chi connectivity index (χ1) is 19.2. The average Bonchev–Trinajstić information content (AvgIpc) is 3.37. The number of hydrogen-bond donors (Lipinski definition) is 1. The Bertz CT molecular complexity index is 1430. The van der Waals surface area contributed by atoms with Gasteiger partial charge in [0.15, 0.2) is 34.7 Å². The first-order valence-corrected chi connectivity index (χ1v) is 12.8. The number of nitrogens with one attached hydrogen (secondary N) is 1. The number of halogens is 2. The maximum absolute atomic E-state index is 15.4. The molecule has 0 radical (unpaired) electrons. The molecule has 212 valence electrons. The van der Waals surface area contributed by atoms with Crippen molar-refractivity contribution in [3.05, 3.63) is 42.6 Å². The molecular weight excluding hydrogens is 524 g/mol. The van der Waals surface area contributed by atoms with Crippen molar-refractivity contribution in [2.75, 3.05) is 57.8 Å². The van der Waals surface area contributed by atoms with Crippen molar-refractivity contribution in [2.45, 2.75) is 25.0 Å². The molecule has 10 nitrogen and oxygen atoms in total. The molecule has 5 rings (SSSR count). The van der Waals surface area contributed by atoms with E-state index in [1.54, 1.807) is 13.3 Å². The van der Waals surface area contributed by atoms with Crippen molar-refractivity contribution in [1.82, 2.24) is 15.0 Å². The van der Waals surface area contributed by atoms with Gasteiger partial charge < -0.3 is 29.2 Å². The number of allylic oxidation sites excluding steroid dienone is 1. The second-order valence-electron chi connectivity index (χ2n) is 10.2. The predicted octanol–water partition coefficient (Wildman–Crippen LogP) is 3.78. The number of aromatic nitrogens is 3. The third-order valence-electron chi connectivity index (χ3n) is 7.42. The highest BCUT2D eigenvalue weighted by Crippen LogP contribution is 2.40. The van der Waals surface area contributed by atoms with Gasteiger partial charge in [0.1, 0.15) is 5.52 Å². The summed E-state index contributed by atoms with van der Waals surface area (Å²) in [6.07, 6.45) is 3.18. The van der Waals surface area contributed by atoms with E-state index >= 15 is 8.78 Å². The van der Waals surface area contributed by atoms with Crippen LogP contribution in [0, 0.1) is 17.6 Å². The van der Waals surface area contributed by atoms with Gasteiger partial charge in [-0.3, -0.25) is 4.79 Å². The van der Waals surface area contributed by atoms with E-state index < -0.39 is 17.2 Å². The quantitative estimate of drug-likeness (QED) is 0.371. The molecule has 2 saturated heterocycles. The molecular formula is C28H31F2N5O5. The molecule has 0 bridgehead atoms. The number of carbonyl (C=O) groups is 1. The van der Waals surface area contributed by atoms with E-state index in [0.717, 1.165) is 6.07 Å². The molecule has 2 fully saturated rings. The number of methoxy groups -OCH3 is 3. The van der Waals surface area contributed by atoms with Gasteiger partial charge in [0, 0.05) is 37.1 Å². The van der Waals surface area contributed by atoms with E-state index in [0.29, 0.717) is 55.4 Å². The maximum atomic E-state index is 15.4. The van der Waals surface area contributed by atoms with Crippen molar-refractivity contribution in [2.24, 2.45) is 5.92 Å². The van der Waals surface area contributed by atoms with Gasteiger partial charge in [-0.25, -0.2) is 23.7 Å². The van der Waals surface area contributed by atoms with Crippen LogP contribution in [0.5, 0.6) is 11.5 Å². The summed E-state index contributed by atoms with van der Waals surface area (Å²) in [5.41, 5.74) is -0.251. The van der Waals surface area contributed by atoms with Gasteiger partial charge in [0.2, 0.25) is 5.95 Å². The van der Waals surface area contributed by atoms with Crippen molar-refractivity contribution in [3.8, 4) is 22.8 Å². The minimum atomic E-state index is -0.899. The highest BCUT2D eigenvalue weighted by Gasteiger charge is 2.41. The lowest BCUT2D eigenvalue weighted by molar-refractivity contribution is -0.115. The normalized spacial score (nSPS) is 19.8. The van der Waals surface area contributed by atoms with E-state index in [2.05, 4.69) is 21.9 Å². The van der Waals surface area contributed by atoms with Crippen LogP contribution in [0.15, 0.2) is 31.0 Å². The zero-order valence-corrected chi connectivity index (χ0v) is 22.8. The molecule has 1 N–H and O–H groups in total. The summed E-state index contributed by atoms with van der Waals surface area (Å²) >= 11 is 0. The fourth-order valence-corrected chi connectivity index (χ4v) is 5.06. The monoisotopic (exact) mass is 555 g/mol. The van der Waals surface area contributed by atoms with Crippen LogP contribution >= 0.6 is 0 Å². The highest BCUT2D eigenvalue weighted by molar-refractivity contribution is 5.93. The standard InChI is InChI=1S/C28H31F2N5O5/c1-6-17(36)7-16-11-40-12-19(16)33-27-31-10-15-8-18(22-23(29)20(37-3)9-21(38-4)24(22)30)32-26(25(15)34-27)35-13-28(2,14-35)39-5/h6,8-10,16,19H,1,7,11-14H2,2-5H3,(H,31,33,34)/t16-,19+/m0/s1.